The fraction of sp³-hybridized carbons (Fsp3) is 0.300. The van der Waals surface area contributed by atoms with Crippen LogP contribution < -0.4 is 5.32 Å². The Hall–Kier alpha value is -3.42. The van der Waals surface area contributed by atoms with E-state index in [9.17, 15) is 14.9 Å². The van der Waals surface area contributed by atoms with Gasteiger partial charge in [-0.15, -0.1) is 0 Å². The quantitative estimate of drug-likeness (QED) is 0.501. The Morgan fingerprint density at radius 3 is 2.61 bits per heavy atom. The van der Waals surface area contributed by atoms with Crippen LogP contribution in [0.2, 0.25) is 0 Å². The van der Waals surface area contributed by atoms with Crippen LogP contribution in [-0.2, 0) is 11.3 Å². The predicted octanol–water partition coefficient (Wildman–Crippen LogP) is 3.47. The maximum atomic E-state index is 12.4. The molecule has 1 amide bonds. The molecule has 2 heterocycles. The van der Waals surface area contributed by atoms with Crippen LogP contribution >= 0.6 is 0 Å². The summed E-state index contributed by atoms with van der Waals surface area (Å²) in [5, 5.41) is 18.2. The molecule has 0 spiro atoms. The second kappa shape index (κ2) is 8.08. The minimum atomic E-state index is -0.436. The molecule has 1 aromatic carbocycles. The third kappa shape index (κ3) is 4.11. The number of aryl methyl sites for hydroxylation is 2. The summed E-state index contributed by atoms with van der Waals surface area (Å²) in [4.78, 5) is 23.0. The Balaban J connectivity index is 1.62. The smallest absolute Gasteiger partial charge is 0.312 e. The van der Waals surface area contributed by atoms with Gasteiger partial charge in [-0.1, -0.05) is 12.1 Å². The summed E-state index contributed by atoms with van der Waals surface area (Å²) >= 11 is 0. The standard InChI is InChI=1S/C20H23N5O3/c1-14(17-7-6-8-18(13-17)23-10-4-5-11-23)21-19(26)9-12-24-16(3)20(25(27)28)15(2)22-24/h4-8,10-11,13-14H,9,12H2,1-3H3,(H,21,26). The van der Waals surface area contributed by atoms with E-state index in [0.717, 1.165) is 11.3 Å². The van der Waals surface area contributed by atoms with Crippen molar-refractivity contribution in [3.63, 3.8) is 0 Å². The van der Waals surface area contributed by atoms with Gasteiger partial charge in [-0.05, 0) is 50.6 Å². The maximum Gasteiger partial charge on any atom is 0.312 e. The molecule has 1 unspecified atom stereocenters. The number of nitrogens with zero attached hydrogens (tertiary/aromatic N) is 4. The molecule has 3 aromatic rings. The molecule has 0 aliphatic heterocycles. The summed E-state index contributed by atoms with van der Waals surface area (Å²) in [6.45, 7) is 5.47. The molecule has 146 valence electrons. The normalized spacial score (nSPS) is 12.0. The van der Waals surface area contributed by atoms with E-state index < -0.39 is 4.92 Å². The van der Waals surface area contributed by atoms with E-state index in [4.69, 9.17) is 0 Å². The Morgan fingerprint density at radius 1 is 1.25 bits per heavy atom. The highest BCUT2D eigenvalue weighted by molar-refractivity contribution is 5.76. The topological polar surface area (TPSA) is 95.0 Å². The number of hydrogen-bond acceptors (Lipinski definition) is 4. The fourth-order valence-electron chi connectivity index (χ4n) is 3.24. The summed E-state index contributed by atoms with van der Waals surface area (Å²) in [6.07, 6.45) is 4.13. The third-order valence-corrected chi connectivity index (χ3v) is 4.73. The number of hydrogen-bond donors (Lipinski definition) is 1. The van der Waals surface area contributed by atoms with Crippen molar-refractivity contribution in [1.29, 1.82) is 0 Å². The maximum absolute atomic E-state index is 12.4. The number of amides is 1. The van der Waals surface area contributed by atoms with Crippen LogP contribution in [0.25, 0.3) is 5.69 Å². The molecule has 0 saturated heterocycles. The number of rotatable bonds is 7. The summed E-state index contributed by atoms with van der Waals surface area (Å²) < 4.78 is 3.53. The molecule has 8 heteroatoms. The number of nitrogens with one attached hydrogen (secondary N) is 1. The number of carbonyl (C=O) groups is 1. The zero-order chi connectivity index (χ0) is 20.3. The van der Waals surface area contributed by atoms with E-state index >= 15 is 0 Å². The fourth-order valence-corrected chi connectivity index (χ4v) is 3.24. The van der Waals surface area contributed by atoms with E-state index in [0.29, 0.717) is 17.9 Å². The van der Waals surface area contributed by atoms with Crippen molar-refractivity contribution in [2.45, 2.75) is 39.8 Å². The van der Waals surface area contributed by atoms with Crippen molar-refractivity contribution in [2.75, 3.05) is 0 Å². The average molecular weight is 381 g/mol. The van der Waals surface area contributed by atoms with Gasteiger partial charge >= 0.3 is 5.69 Å². The van der Waals surface area contributed by atoms with Gasteiger partial charge < -0.3 is 9.88 Å². The number of carbonyl (C=O) groups excluding carboxylic acids is 1. The molecular formula is C20H23N5O3. The van der Waals surface area contributed by atoms with Crippen molar-refractivity contribution in [2.24, 2.45) is 0 Å². The van der Waals surface area contributed by atoms with Gasteiger partial charge in [0.25, 0.3) is 0 Å². The van der Waals surface area contributed by atoms with Crippen molar-refractivity contribution >= 4 is 11.6 Å². The van der Waals surface area contributed by atoms with E-state index in [1.54, 1.807) is 13.8 Å². The summed E-state index contributed by atoms with van der Waals surface area (Å²) in [7, 11) is 0. The van der Waals surface area contributed by atoms with Crippen LogP contribution in [0.4, 0.5) is 5.69 Å². The van der Waals surface area contributed by atoms with Crippen molar-refractivity contribution in [3.05, 3.63) is 75.9 Å². The lowest BCUT2D eigenvalue weighted by atomic mass is 10.1. The second-order valence-corrected chi connectivity index (χ2v) is 6.72. The van der Waals surface area contributed by atoms with Crippen molar-refractivity contribution < 1.29 is 9.72 Å². The first-order chi connectivity index (χ1) is 13.4. The van der Waals surface area contributed by atoms with Gasteiger partial charge in [-0.2, -0.15) is 5.10 Å². The Morgan fingerprint density at radius 2 is 1.96 bits per heavy atom. The van der Waals surface area contributed by atoms with E-state index in [1.165, 1.54) is 4.68 Å². The first-order valence-corrected chi connectivity index (χ1v) is 9.08. The van der Waals surface area contributed by atoms with Gasteiger partial charge in [0.2, 0.25) is 5.91 Å². The second-order valence-electron chi connectivity index (χ2n) is 6.72. The minimum Gasteiger partial charge on any atom is -0.350 e. The molecule has 0 bridgehead atoms. The molecule has 28 heavy (non-hydrogen) atoms. The Bertz CT molecular complexity index is 991. The lowest BCUT2D eigenvalue weighted by molar-refractivity contribution is -0.386. The summed E-state index contributed by atoms with van der Waals surface area (Å²) in [6, 6.07) is 11.7. The van der Waals surface area contributed by atoms with Gasteiger partial charge in [0.05, 0.1) is 17.5 Å². The summed E-state index contributed by atoms with van der Waals surface area (Å²) in [5.41, 5.74) is 2.86. The van der Waals surface area contributed by atoms with Crippen LogP contribution in [0.1, 0.15) is 36.3 Å². The SMILES string of the molecule is Cc1nn(CCC(=O)NC(C)c2cccc(-n3cccc3)c2)c(C)c1[N+](=O)[O-]. The molecule has 1 N–H and O–H groups in total. The van der Waals surface area contributed by atoms with Crippen LogP contribution in [0.5, 0.6) is 0 Å². The highest BCUT2D eigenvalue weighted by Gasteiger charge is 2.22. The van der Waals surface area contributed by atoms with Gasteiger partial charge in [0.15, 0.2) is 0 Å². The molecular weight excluding hydrogens is 358 g/mol. The van der Waals surface area contributed by atoms with Gasteiger partial charge in [-0.25, -0.2) is 0 Å². The molecule has 1 atom stereocenters. The van der Waals surface area contributed by atoms with E-state index in [1.807, 2.05) is 60.3 Å². The van der Waals surface area contributed by atoms with E-state index in [-0.39, 0.29) is 24.1 Å². The number of aromatic nitrogens is 3. The lowest BCUT2D eigenvalue weighted by Gasteiger charge is -2.16. The lowest BCUT2D eigenvalue weighted by Crippen LogP contribution is -2.27. The third-order valence-electron chi connectivity index (χ3n) is 4.73. The molecule has 0 aliphatic carbocycles. The van der Waals surface area contributed by atoms with Crippen LogP contribution in [-0.4, -0.2) is 25.2 Å². The predicted molar refractivity (Wildman–Crippen MR) is 105 cm³/mol. The van der Waals surface area contributed by atoms with Gasteiger partial charge in [0, 0.05) is 24.5 Å². The van der Waals surface area contributed by atoms with Crippen molar-refractivity contribution in [3.8, 4) is 5.69 Å². The average Bonchev–Trinajstić information content (AvgIpc) is 3.28. The first-order valence-electron chi connectivity index (χ1n) is 9.08. The number of nitro groups is 1. The Labute approximate surface area is 162 Å². The zero-order valence-corrected chi connectivity index (χ0v) is 16.1. The molecule has 0 saturated carbocycles. The highest BCUT2D eigenvalue weighted by atomic mass is 16.6. The largest absolute Gasteiger partial charge is 0.350 e. The van der Waals surface area contributed by atoms with E-state index in [2.05, 4.69) is 10.4 Å². The van der Waals surface area contributed by atoms with Crippen molar-refractivity contribution in [1.82, 2.24) is 19.7 Å². The van der Waals surface area contributed by atoms with Gasteiger partial charge in [-0.3, -0.25) is 19.6 Å². The van der Waals surface area contributed by atoms with Crippen LogP contribution in [0.3, 0.4) is 0 Å². The molecule has 0 radical (unpaired) electrons. The van der Waals surface area contributed by atoms with Crippen LogP contribution in [0.15, 0.2) is 48.8 Å². The Kier molecular flexibility index (Phi) is 5.58. The molecule has 0 aliphatic rings. The molecule has 0 fully saturated rings. The van der Waals surface area contributed by atoms with Gasteiger partial charge in [0.1, 0.15) is 11.4 Å². The molecule has 2 aromatic heterocycles. The molecule has 8 nitrogen and oxygen atoms in total. The highest BCUT2D eigenvalue weighted by Crippen LogP contribution is 2.22. The summed E-state index contributed by atoms with van der Waals surface area (Å²) in [5.74, 6) is -0.130. The van der Waals surface area contributed by atoms with Crippen LogP contribution in [0, 0.1) is 24.0 Å². The monoisotopic (exact) mass is 381 g/mol. The minimum absolute atomic E-state index is 0.00982. The zero-order valence-electron chi connectivity index (χ0n) is 16.1. The first kappa shape index (κ1) is 19.3. The number of benzene rings is 1. The molecule has 3 rings (SSSR count).